The van der Waals surface area contributed by atoms with Crippen LogP contribution in [0, 0.1) is 5.82 Å². The van der Waals surface area contributed by atoms with Crippen molar-refractivity contribution in [2.75, 3.05) is 32.8 Å². The number of piperazine rings is 1. The van der Waals surface area contributed by atoms with Crippen LogP contribution >= 0.6 is 0 Å². The zero-order chi connectivity index (χ0) is 21.2. The highest BCUT2D eigenvalue weighted by molar-refractivity contribution is 5.68. The first-order valence-electron chi connectivity index (χ1n) is 10.4. The maximum atomic E-state index is 14.1. The molecular weight excluding hydrogens is 387 g/mol. The smallest absolute Gasteiger partial charge is 0.410 e. The Labute approximate surface area is 176 Å². The van der Waals surface area contributed by atoms with Crippen LogP contribution in [0.2, 0.25) is 0 Å². The SMILES string of the molecule is CCC1CNCCN1C(=O)OCc1cc(OCCCOc2ccccc2)ccc1F. The fourth-order valence-corrected chi connectivity index (χ4v) is 3.30. The van der Waals surface area contributed by atoms with Gasteiger partial charge < -0.3 is 24.4 Å². The number of amides is 1. The average Bonchev–Trinajstić information content (AvgIpc) is 2.79. The van der Waals surface area contributed by atoms with Gasteiger partial charge in [0, 0.05) is 37.7 Å². The molecule has 6 nitrogen and oxygen atoms in total. The number of hydrogen-bond donors (Lipinski definition) is 1. The minimum absolute atomic E-state index is 0.101. The number of hydrogen-bond acceptors (Lipinski definition) is 5. The Hall–Kier alpha value is -2.80. The summed E-state index contributed by atoms with van der Waals surface area (Å²) in [6.45, 7) is 4.95. The Morgan fingerprint density at radius 1 is 1.13 bits per heavy atom. The molecule has 0 radical (unpaired) electrons. The van der Waals surface area contributed by atoms with Crippen molar-refractivity contribution in [2.24, 2.45) is 0 Å². The second kappa shape index (κ2) is 11.4. The van der Waals surface area contributed by atoms with Crippen LogP contribution in [0.4, 0.5) is 9.18 Å². The second-order valence-corrected chi connectivity index (χ2v) is 7.13. The highest BCUT2D eigenvalue weighted by Crippen LogP contribution is 2.19. The van der Waals surface area contributed by atoms with Crippen LogP contribution in [-0.2, 0) is 11.3 Å². The van der Waals surface area contributed by atoms with Crippen molar-refractivity contribution in [3.8, 4) is 11.5 Å². The molecule has 3 rings (SSSR count). The number of nitrogens with zero attached hydrogens (tertiary/aromatic N) is 1. The quantitative estimate of drug-likeness (QED) is 0.627. The topological polar surface area (TPSA) is 60.0 Å². The molecule has 1 fully saturated rings. The predicted octanol–water partition coefficient (Wildman–Crippen LogP) is 3.99. The number of nitrogens with one attached hydrogen (secondary N) is 1. The van der Waals surface area contributed by atoms with Gasteiger partial charge in [0.2, 0.25) is 0 Å². The van der Waals surface area contributed by atoms with E-state index < -0.39 is 11.9 Å². The standard InChI is InChI=1S/C23H29FN2O4/c1-2-19-16-25-11-12-26(19)23(27)30-17-18-15-21(9-10-22(18)24)29-14-6-13-28-20-7-4-3-5-8-20/h3-5,7-10,15,19,25H,2,6,11-14,16-17H2,1H3. The summed E-state index contributed by atoms with van der Waals surface area (Å²) in [5.41, 5.74) is 0.296. The lowest BCUT2D eigenvalue weighted by atomic mass is 10.1. The summed E-state index contributed by atoms with van der Waals surface area (Å²) in [6.07, 6.45) is 1.12. The highest BCUT2D eigenvalue weighted by Gasteiger charge is 2.26. The van der Waals surface area contributed by atoms with E-state index in [2.05, 4.69) is 5.32 Å². The molecule has 1 aliphatic heterocycles. The van der Waals surface area contributed by atoms with Crippen LogP contribution in [0.5, 0.6) is 11.5 Å². The fraction of sp³-hybridized carbons (Fsp3) is 0.435. The Bertz CT molecular complexity index is 803. The first-order valence-corrected chi connectivity index (χ1v) is 10.4. The molecule has 1 amide bonds. The first-order chi connectivity index (χ1) is 14.7. The van der Waals surface area contributed by atoms with E-state index in [1.54, 1.807) is 17.0 Å². The maximum absolute atomic E-state index is 14.1. The van der Waals surface area contributed by atoms with Crippen molar-refractivity contribution in [3.63, 3.8) is 0 Å². The molecule has 1 heterocycles. The molecule has 1 saturated heterocycles. The molecule has 0 spiro atoms. The monoisotopic (exact) mass is 416 g/mol. The first kappa shape index (κ1) is 21.9. The molecule has 0 aliphatic carbocycles. The summed E-state index contributed by atoms with van der Waals surface area (Å²) in [4.78, 5) is 14.1. The fourth-order valence-electron chi connectivity index (χ4n) is 3.30. The van der Waals surface area contributed by atoms with Crippen LogP contribution < -0.4 is 14.8 Å². The van der Waals surface area contributed by atoms with Gasteiger partial charge in [-0.15, -0.1) is 0 Å². The lowest BCUT2D eigenvalue weighted by molar-refractivity contribution is 0.0706. The largest absolute Gasteiger partial charge is 0.493 e. The van der Waals surface area contributed by atoms with E-state index in [4.69, 9.17) is 14.2 Å². The zero-order valence-electron chi connectivity index (χ0n) is 17.3. The third-order valence-corrected chi connectivity index (χ3v) is 4.99. The van der Waals surface area contributed by atoms with Crippen molar-refractivity contribution in [1.82, 2.24) is 10.2 Å². The van der Waals surface area contributed by atoms with E-state index >= 15 is 0 Å². The van der Waals surface area contributed by atoms with Gasteiger partial charge >= 0.3 is 6.09 Å². The van der Waals surface area contributed by atoms with E-state index in [-0.39, 0.29) is 12.6 Å². The van der Waals surface area contributed by atoms with Gasteiger partial charge in [-0.05, 0) is 36.8 Å². The summed E-state index contributed by atoms with van der Waals surface area (Å²) in [5, 5.41) is 3.26. The van der Waals surface area contributed by atoms with Gasteiger partial charge in [0.05, 0.1) is 13.2 Å². The van der Waals surface area contributed by atoms with Crippen LogP contribution in [0.1, 0.15) is 25.3 Å². The van der Waals surface area contributed by atoms with E-state index in [0.29, 0.717) is 37.5 Å². The van der Waals surface area contributed by atoms with Crippen LogP contribution in [0.3, 0.4) is 0 Å². The van der Waals surface area contributed by atoms with Crippen LogP contribution in [0.25, 0.3) is 0 Å². The van der Waals surface area contributed by atoms with Gasteiger partial charge in [0.15, 0.2) is 0 Å². The number of carbonyl (C=O) groups excluding carboxylic acids is 1. The van der Waals surface area contributed by atoms with Crippen LogP contribution in [0.15, 0.2) is 48.5 Å². The van der Waals surface area contributed by atoms with Crippen molar-refractivity contribution < 1.29 is 23.4 Å². The summed E-state index contributed by atoms with van der Waals surface area (Å²) in [6, 6.07) is 14.2. The maximum Gasteiger partial charge on any atom is 0.410 e. The second-order valence-electron chi connectivity index (χ2n) is 7.13. The van der Waals surface area contributed by atoms with Gasteiger partial charge in [-0.1, -0.05) is 25.1 Å². The zero-order valence-corrected chi connectivity index (χ0v) is 17.3. The van der Waals surface area contributed by atoms with E-state index in [1.807, 2.05) is 37.3 Å². The highest BCUT2D eigenvalue weighted by atomic mass is 19.1. The molecule has 30 heavy (non-hydrogen) atoms. The number of rotatable bonds is 9. The lowest BCUT2D eigenvalue weighted by Gasteiger charge is -2.34. The number of benzene rings is 2. The number of para-hydroxylation sites is 1. The summed E-state index contributed by atoms with van der Waals surface area (Å²) in [7, 11) is 0. The predicted molar refractivity (Wildman–Crippen MR) is 112 cm³/mol. The normalized spacial score (nSPS) is 16.2. The molecule has 162 valence electrons. The summed E-state index contributed by atoms with van der Waals surface area (Å²) in [5.74, 6) is 0.934. The van der Waals surface area contributed by atoms with Gasteiger partial charge in [-0.3, -0.25) is 0 Å². The molecule has 1 atom stereocenters. The summed E-state index contributed by atoms with van der Waals surface area (Å²) < 4.78 is 30.8. The van der Waals surface area contributed by atoms with Crippen molar-refractivity contribution >= 4 is 6.09 Å². The molecule has 7 heteroatoms. The Morgan fingerprint density at radius 3 is 2.67 bits per heavy atom. The molecule has 1 aliphatic rings. The lowest BCUT2D eigenvalue weighted by Crippen LogP contribution is -2.53. The average molecular weight is 416 g/mol. The Balaban J connectivity index is 1.44. The van der Waals surface area contributed by atoms with Crippen LogP contribution in [-0.4, -0.2) is 49.9 Å². The van der Waals surface area contributed by atoms with Crippen molar-refractivity contribution in [3.05, 3.63) is 59.9 Å². The molecule has 1 unspecified atom stereocenters. The number of ether oxygens (including phenoxy) is 3. The minimum atomic E-state index is -0.421. The summed E-state index contributed by atoms with van der Waals surface area (Å²) >= 11 is 0. The Kier molecular flexibility index (Phi) is 8.32. The molecular formula is C23H29FN2O4. The molecule has 0 bridgehead atoms. The molecule has 1 N–H and O–H groups in total. The number of halogens is 1. The third-order valence-electron chi connectivity index (χ3n) is 4.99. The van der Waals surface area contributed by atoms with Crippen molar-refractivity contribution in [2.45, 2.75) is 32.4 Å². The third kappa shape index (κ3) is 6.35. The van der Waals surface area contributed by atoms with Gasteiger partial charge in [0.25, 0.3) is 0 Å². The van der Waals surface area contributed by atoms with Gasteiger partial charge in [0.1, 0.15) is 23.9 Å². The van der Waals surface area contributed by atoms with Gasteiger partial charge in [-0.2, -0.15) is 0 Å². The minimum Gasteiger partial charge on any atom is -0.493 e. The number of carbonyl (C=O) groups is 1. The molecule has 0 saturated carbocycles. The van der Waals surface area contributed by atoms with E-state index in [9.17, 15) is 9.18 Å². The molecule has 2 aromatic carbocycles. The van der Waals surface area contributed by atoms with Crippen molar-refractivity contribution in [1.29, 1.82) is 0 Å². The van der Waals surface area contributed by atoms with E-state index in [1.165, 1.54) is 6.07 Å². The molecule has 2 aromatic rings. The van der Waals surface area contributed by atoms with E-state index in [0.717, 1.165) is 25.3 Å². The van der Waals surface area contributed by atoms with Gasteiger partial charge in [-0.25, -0.2) is 9.18 Å². The molecule has 0 aromatic heterocycles. The Morgan fingerprint density at radius 2 is 1.90 bits per heavy atom.